The third-order valence-electron chi connectivity index (χ3n) is 4.44. The molecule has 1 spiro atoms. The molecule has 1 amide bonds. The molecular formula is C15H18N4O3S. The second-order valence-corrected chi connectivity index (χ2v) is 7.45. The highest BCUT2D eigenvalue weighted by Gasteiger charge is 2.45. The number of piperidine rings is 1. The third kappa shape index (κ3) is 2.61. The van der Waals surface area contributed by atoms with Gasteiger partial charge in [0.05, 0.1) is 18.8 Å². The summed E-state index contributed by atoms with van der Waals surface area (Å²) in [7, 11) is 0. The maximum atomic E-state index is 12.2. The number of ether oxygens (including phenoxy) is 1. The van der Waals surface area contributed by atoms with Crippen molar-refractivity contribution < 1.29 is 9.53 Å². The average molecular weight is 334 g/mol. The van der Waals surface area contributed by atoms with E-state index in [1.54, 1.807) is 15.5 Å². The Labute approximate surface area is 136 Å². The fourth-order valence-electron chi connectivity index (χ4n) is 3.29. The van der Waals surface area contributed by atoms with Crippen LogP contribution >= 0.6 is 11.3 Å². The van der Waals surface area contributed by atoms with E-state index in [-0.39, 0.29) is 17.3 Å². The number of hydrogen-bond acceptors (Lipinski definition) is 6. The number of carbonyl (C=O) groups excluding carboxylic acids is 1. The highest BCUT2D eigenvalue weighted by atomic mass is 32.1. The summed E-state index contributed by atoms with van der Waals surface area (Å²) < 4.78 is 7.18. The van der Waals surface area contributed by atoms with Crippen LogP contribution in [0.4, 0.5) is 4.79 Å². The van der Waals surface area contributed by atoms with Gasteiger partial charge in [0.2, 0.25) is 0 Å². The Kier molecular flexibility index (Phi) is 3.38. The van der Waals surface area contributed by atoms with Gasteiger partial charge in [-0.1, -0.05) is 0 Å². The minimum absolute atomic E-state index is 0.113. The van der Waals surface area contributed by atoms with E-state index in [1.807, 2.05) is 6.92 Å². The molecule has 2 saturated heterocycles. The van der Waals surface area contributed by atoms with Crippen molar-refractivity contribution in [2.75, 3.05) is 19.6 Å². The first-order chi connectivity index (χ1) is 11.0. The number of rotatable bonds is 2. The number of hydrogen-bond donors (Lipinski definition) is 1. The lowest BCUT2D eigenvalue weighted by atomic mass is 9.92. The summed E-state index contributed by atoms with van der Waals surface area (Å²) in [5.41, 5.74) is 0.124. The molecule has 0 unspecified atom stereocenters. The molecule has 2 aliphatic rings. The fraction of sp³-hybridized carbons (Fsp3) is 0.533. The van der Waals surface area contributed by atoms with Crippen molar-refractivity contribution in [3.8, 4) is 0 Å². The second kappa shape index (κ2) is 5.31. The van der Waals surface area contributed by atoms with Gasteiger partial charge in [-0.05, 0) is 20.0 Å². The van der Waals surface area contributed by atoms with Crippen molar-refractivity contribution in [2.45, 2.75) is 31.9 Å². The molecular weight excluding hydrogens is 316 g/mol. The normalized spacial score (nSPS) is 20.4. The smallest absolute Gasteiger partial charge is 0.410 e. The number of aryl methyl sites for hydroxylation is 1. The Morgan fingerprint density at radius 2 is 2.17 bits per heavy atom. The number of thiazole rings is 1. The Balaban J connectivity index is 1.58. The zero-order valence-corrected chi connectivity index (χ0v) is 13.7. The third-order valence-corrected chi connectivity index (χ3v) is 5.34. The Bertz CT molecular complexity index is 822. The first kappa shape index (κ1) is 14.6. The number of aromatic nitrogens is 2. The molecule has 4 heterocycles. The molecule has 122 valence electrons. The molecule has 2 aliphatic heterocycles. The summed E-state index contributed by atoms with van der Waals surface area (Å²) >= 11 is 1.47. The topological polar surface area (TPSA) is 75.9 Å². The van der Waals surface area contributed by atoms with Crippen LogP contribution in [0, 0.1) is 6.92 Å². The van der Waals surface area contributed by atoms with Crippen molar-refractivity contribution >= 4 is 22.4 Å². The molecule has 4 rings (SSSR count). The van der Waals surface area contributed by atoms with Gasteiger partial charge in [0, 0.05) is 30.0 Å². The van der Waals surface area contributed by atoms with E-state index >= 15 is 0 Å². The number of nitrogens with zero attached hydrogens (tertiary/aromatic N) is 3. The van der Waals surface area contributed by atoms with Crippen LogP contribution in [0.5, 0.6) is 0 Å². The summed E-state index contributed by atoms with van der Waals surface area (Å²) in [4.78, 5) is 32.2. The summed E-state index contributed by atoms with van der Waals surface area (Å²) in [5.74, 6) is 0. The van der Waals surface area contributed by atoms with Crippen LogP contribution in [0.15, 0.2) is 17.1 Å². The highest BCUT2D eigenvalue weighted by molar-refractivity contribution is 7.16. The second-order valence-electron chi connectivity index (χ2n) is 6.24. The van der Waals surface area contributed by atoms with Gasteiger partial charge >= 0.3 is 6.09 Å². The van der Waals surface area contributed by atoms with E-state index in [0.29, 0.717) is 23.7 Å². The average Bonchev–Trinajstić information content (AvgIpc) is 3.01. The monoisotopic (exact) mass is 334 g/mol. The predicted octanol–water partition coefficient (Wildman–Crippen LogP) is 1.14. The van der Waals surface area contributed by atoms with Gasteiger partial charge in [-0.15, -0.1) is 11.3 Å². The Morgan fingerprint density at radius 1 is 1.39 bits per heavy atom. The molecule has 0 aromatic carbocycles. The van der Waals surface area contributed by atoms with Crippen LogP contribution in [-0.4, -0.2) is 45.6 Å². The molecule has 2 fully saturated rings. The van der Waals surface area contributed by atoms with Gasteiger partial charge in [-0.2, -0.15) is 0 Å². The van der Waals surface area contributed by atoms with E-state index in [9.17, 15) is 9.59 Å². The molecule has 0 saturated carbocycles. The van der Waals surface area contributed by atoms with Crippen LogP contribution in [0.3, 0.4) is 0 Å². The lowest BCUT2D eigenvalue weighted by Gasteiger charge is -2.31. The lowest BCUT2D eigenvalue weighted by Crippen LogP contribution is -2.44. The largest absolute Gasteiger partial charge is 0.441 e. The molecule has 0 aliphatic carbocycles. The van der Waals surface area contributed by atoms with Gasteiger partial charge in [0.1, 0.15) is 5.60 Å². The van der Waals surface area contributed by atoms with Crippen LogP contribution in [-0.2, 0) is 11.3 Å². The number of nitrogens with one attached hydrogen (secondary N) is 1. The van der Waals surface area contributed by atoms with Crippen molar-refractivity contribution in [1.82, 2.24) is 19.6 Å². The minimum Gasteiger partial charge on any atom is -0.441 e. The van der Waals surface area contributed by atoms with Crippen LogP contribution < -0.4 is 10.9 Å². The van der Waals surface area contributed by atoms with Gasteiger partial charge in [0.25, 0.3) is 5.56 Å². The SMILES string of the molecule is Cc1cn2c(=O)cc(CN3CC4(CCNCC4)OC3=O)nc2s1. The molecule has 7 nitrogen and oxygen atoms in total. The minimum atomic E-state index is -0.374. The van der Waals surface area contributed by atoms with Gasteiger partial charge < -0.3 is 10.1 Å². The fourth-order valence-corrected chi connectivity index (χ4v) is 4.14. The molecule has 0 atom stereocenters. The van der Waals surface area contributed by atoms with Crippen LogP contribution in [0.1, 0.15) is 23.4 Å². The maximum absolute atomic E-state index is 12.2. The van der Waals surface area contributed by atoms with E-state index < -0.39 is 0 Å². The van der Waals surface area contributed by atoms with E-state index in [2.05, 4.69) is 10.3 Å². The number of carbonyl (C=O) groups is 1. The molecule has 0 bridgehead atoms. The standard InChI is InChI=1S/C15H18N4O3S/c1-10-7-19-12(20)6-11(17-13(19)23-10)8-18-9-15(22-14(18)21)2-4-16-5-3-15/h6-7,16H,2-5,8-9H2,1H3. The molecule has 8 heteroatoms. The molecule has 1 N–H and O–H groups in total. The van der Waals surface area contributed by atoms with Crippen molar-refractivity contribution in [3.63, 3.8) is 0 Å². The number of amides is 1. The first-order valence-electron chi connectivity index (χ1n) is 7.72. The van der Waals surface area contributed by atoms with Crippen LogP contribution in [0.2, 0.25) is 0 Å². The molecule has 2 aromatic heterocycles. The van der Waals surface area contributed by atoms with Gasteiger partial charge in [-0.3, -0.25) is 14.1 Å². The Morgan fingerprint density at radius 3 is 2.96 bits per heavy atom. The molecule has 23 heavy (non-hydrogen) atoms. The zero-order chi connectivity index (χ0) is 16.0. The highest BCUT2D eigenvalue weighted by Crippen LogP contribution is 2.31. The molecule has 2 aromatic rings. The lowest BCUT2D eigenvalue weighted by molar-refractivity contribution is 0.0316. The zero-order valence-electron chi connectivity index (χ0n) is 12.9. The predicted molar refractivity (Wildman–Crippen MR) is 85.8 cm³/mol. The van der Waals surface area contributed by atoms with E-state index in [1.165, 1.54) is 17.4 Å². The maximum Gasteiger partial charge on any atom is 0.410 e. The van der Waals surface area contributed by atoms with E-state index in [0.717, 1.165) is 30.8 Å². The summed E-state index contributed by atoms with van der Waals surface area (Å²) in [5, 5.41) is 3.28. The molecule has 0 radical (unpaired) electrons. The van der Waals surface area contributed by atoms with Gasteiger partial charge in [-0.25, -0.2) is 9.78 Å². The summed E-state index contributed by atoms with van der Waals surface area (Å²) in [6, 6.07) is 1.50. The first-order valence-corrected chi connectivity index (χ1v) is 8.54. The van der Waals surface area contributed by atoms with Crippen molar-refractivity contribution in [2.24, 2.45) is 0 Å². The Hall–Kier alpha value is -1.93. The van der Waals surface area contributed by atoms with Gasteiger partial charge in [0.15, 0.2) is 4.96 Å². The summed E-state index contributed by atoms with van der Waals surface area (Å²) in [6.45, 7) is 4.55. The number of fused-ring (bicyclic) bond motifs is 1. The van der Waals surface area contributed by atoms with Crippen LogP contribution in [0.25, 0.3) is 4.96 Å². The van der Waals surface area contributed by atoms with Crippen molar-refractivity contribution in [3.05, 3.63) is 33.2 Å². The quantitative estimate of drug-likeness (QED) is 0.891. The van der Waals surface area contributed by atoms with Crippen molar-refractivity contribution in [1.29, 1.82) is 0 Å². The summed E-state index contributed by atoms with van der Waals surface area (Å²) in [6.07, 6.45) is 3.13. The van der Waals surface area contributed by atoms with E-state index in [4.69, 9.17) is 4.74 Å².